The van der Waals surface area contributed by atoms with Gasteiger partial charge in [0.25, 0.3) is 5.56 Å². The second-order valence-corrected chi connectivity index (χ2v) is 6.29. The van der Waals surface area contributed by atoms with Crippen LogP contribution in [0.4, 0.5) is 5.95 Å². The molecule has 1 aliphatic heterocycles. The summed E-state index contributed by atoms with van der Waals surface area (Å²) in [6, 6.07) is 0. The first-order chi connectivity index (χ1) is 11.0. The van der Waals surface area contributed by atoms with Crippen molar-refractivity contribution in [3.05, 3.63) is 22.4 Å². The molecule has 126 valence electrons. The van der Waals surface area contributed by atoms with Crippen molar-refractivity contribution in [1.82, 2.24) is 19.2 Å². The van der Waals surface area contributed by atoms with Crippen LogP contribution in [0.1, 0.15) is 38.4 Å². The molecule has 0 fully saturated rings. The SMILES string of the molecule is CC(C)c1ncc2c(=O)n3c(nn12)N(CCCC(O)CO)CC3. The summed E-state index contributed by atoms with van der Waals surface area (Å²) in [6.07, 6.45) is 2.17. The van der Waals surface area contributed by atoms with Gasteiger partial charge in [-0.05, 0) is 12.8 Å². The van der Waals surface area contributed by atoms with Gasteiger partial charge in [-0.25, -0.2) is 9.50 Å². The van der Waals surface area contributed by atoms with Crippen molar-refractivity contribution >= 4 is 11.5 Å². The van der Waals surface area contributed by atoms with Gasteiger partial charge in [0.15, 0.2) is 5.52 Å². The number of hydrogen-bond acceptors (Lipinski definition) is 6. The molecule has 8 nitrogen and oxygen atoms in total. The lowest BCUT2D eigenvalue weighted by atomic mass is 10.2. The molecular weight excluding hydrogens is 298 g/mol. The Labute approximate surface area is 134 Å². The first kappa shape index (κ1) is 15.9. The van der Waals surface area contributed by atoms with Crippen molar-refractivity contribution in [2.45, 2.75) is 45.3 Å². The Morgan fingerprint density at radius 2 is 2.13 bits per heavy atom. The van der Waals surface area contributed by atoms with Crippen molar-refractivity contribution in [2.75, 3.05) is 24.6 Å². The van der Waals surface area contributed by atoms with Gasteiger partial charge in [0.05, 0.1) is 18.9 Å². The largest absolute Gasteiger partial charge is 0.394 e. The number of hydrogen-bond donors (Lipinski definition) is 2. The number of nitrogens with zero attached hydrogens (tertiary/aromatic N) is 5. The third-order valence-electron chi connectivity index (χ3n) is 4.23. The molecule has 2 aromatic heterocycles. The fraction of sp³-hybridized carbons (Fsp3) is 0.667. The minimum Gasteiger partial charge on any atom is -0.394 e. The van der Waals surface area contributed by atoms with E-state index in [0.29, 0.717) is 31.0 Å². The fourth-order valence-electron chi connectivity index (χ4n) is 2.95. The standard InChI is InChI=1S/C15H23N5O3/c1-10(2)13-16-8-12-14(23)19-7-6-18(15(19)17-20(12)13)5-3-4-11(22)9-21/h8,10-11,21-22H,3-7,9H2,1-2H3. The van der Waals surface area contributed by atoms with E-state index in [1.807, 2.05) is 13.8 Å². The summed E-state index contributed by atoms with van der Waals surface area (Å²) in [7, 11) is 0. The molecule has 23 heavy (non-hydrogen) atoms. The van der Waals surface area contributed by atoms with Gasteiger partial charge in [0.1, 0.15) is 5.82 Å². The Morgan fingerprint density at radius 3 is 2.83 bits per heavy atom. The fourth-order valence-corrected chi connectivity index (χ4v) is 2.95. The molecule has 1 unspecified atom stereocenters. The Hall–Kier alpha value is -1.93. The number of aliphatic hydroxyl groups is 2. The van der Waals surface area contributed by atoms with Gasteiger partial charge >= 0.3 is 0 Å². The zero-order valence-corrected chi connectivity index (χ0v) is 13.5. The normalized spacial score (nSPS) is 15.6. The maximum atomic E-state index is 12.6. The van der Waals surface area contributed by atoms with E-state index in [0.717, 1.165) is 18.8 Å². The van der Waals surface area contributed by atoms with Gasteiger partial charge in [-0.3, -0.25) is 9.36 Å². The third kappa shape index (κ3) is 2.84. The summed E-state index contributed by atoms with van der Waals surface area (Å²) in [5, 5.41) is 22.9. The van der Waals surface area contributed by atoms with Crippen molar-refractivity contribution in [2.24, 2.45) is 0 Å². The highest BCUT2D eigenvalue weighted by atomic mass is 16.3. The first-order valence-electron chi connectivity index (χ1n) is 8.05. The monoisotopic (exact) mass is 321 g/mol. The van der Waals surface area contributed by atoms with Gasteiger partial charge in [0.2, 0.25) is 5.95 Å². The molecule has 2 aromatic rings. The number of aromatic nitrogens is 4. The molecule has 0 radical (unpaired) electrons. The summed E-state index contributed by atoms with van der Waals surface area (Å²) >= 11 is 0. The average Bonchev–Trinajstić information content (AvgIpc) is 3.12. The lowest BCUT2D eigenvalue weighted by molar-refractivity contribution is 0.0870. The highest BCUT2D eigenvalue weighted by molar-refractivity contribution is 5.47. The zero-order valence-electron chi connectivity index (χ0n) is 13.5. The molecule has 0 saturated carbocycles. The van der Waals surface area contributed by atoms with Gasteiger partial charge in [-0.1, -0.05) is 13.8 Å². The molecule has 0 amide bonds. The number of anilines is 1. The summed E-state index contributed by atoms with van der Waals surface area (Å²) in [6.45, 7) is 5.87. The topological polar surface area (TPSA) is 95.9 Å². The third-order valence-corrected chi connectivity index (χ3v) is 4.23. The van der Waals surface area contributed by atoms with Crippen LogP contribution in [0, 0.1) is 0 Å². The van der Waals surface area contributed by atoms with Crippen molar-refractivity contribution in [3.8, 4) is 0 Å². The molecule has 0 saturated heterocycles. The summed E-state index contributed by atoms with van der Waals surface area (Å²) in [5.74, 6) is 1.62. The van der Waals surface area contributed by atoms with Crippen molar-refractivity contribution in [1.29, 1.82) is 0 Å². The van der Waals surface area contributed by atoms with Gasteiger partial charge < -0.3 is 15.1 Å². The molecule has 0 bridgehead atoms. The van der Waals surface area contributed by atoms with E-state index in [1.165, 1.54) is 0 Å². The van der Waals surface area contributed by atoms with Crippen LogP contribution in [0.15, 0.2) is 11.0 Å². The maximum Gasteiger partial charge on any atom is 0.281 e. The minimum atomic E-state index is -0.684. The van der Waals surface area contributed by atoms with Gasteiger partial charge in [-0.2, -0.15) is 0 Å². The molecule has 1 aliphatic rings. The van der Waals surface area contributed by atoms with Crippen LogP contribution in [0.5, 0.6) is 0 Å². The molecular formula is C15H23N5O3. The van der Waals surface area contributed by atoms with E-state index < -0.39 is 6.10 Å². The van der Waals surface area contributed by atoms with Crippen LogP contribution in [0.3, 0.4) is 0 Å². The van der Waals surface area contributed by atoms with E-state index >= 15 is 0 Å². The molecule has 0 aliphatic carbocycles. The molecule has 3 heterocycles. The van der Waals surface area contributed by atoms with Gasteiger partial charge in [-0.15, -0.1) is 5.10 Å². The highest BCUT2D eigenvalue weighted by Gasteiger charge is 2.25. The Morgan fingerprint density at radius 1 is 1.35 bits per heavy atom. The predicted octanol–water partition coefficient (Wildman–Crippen LogP) is -0.0322. The quantitative estimate of drug-likeness (QED) is 0.775. The Balaban J connectivity index is 1.89. The molecule has 1 atom stereocenters. The molecule has 8 heteroatoms. The highest BCUT2D eigenvalue weighted by Crippen LogP contribution is 2.20. The maximum absolute atomic E-state index is 12.6. The lowest BCUT2D eigenvalue weighted by Gasteiger charge is -2.18. The first-order valence-corrected chi connectivity index (χ1v) is 8.05. The van der Waals surface area contributed by atoms with E-state index in [9.17, 15) is 9.90 Å². The molecule has 3 rings (SSSR count). The Kier molecular flexibility index (Phi) is 4.36. The lowest BCUT2D eigenvalue weighted by Crippen LogP contribution is -2.27. The van der Waals surface area contributed by atoms with Crippen LogP contribution in [-0.2, 0) is 6.54 Å². The number of imidazole rings is 1. The second kappa shape index (κ2) is 6.29. The van der Waals surface area contributed by atoms with Gasteiger partial charge in [0, 0.05) is 25.6 Å². The summed E-state index contributed by atoms with van der Waals surface area (Å²) < 4.78 is 3.34. The van der Waals surface area contributed by atoms with E-state index in [-0.39, 0.29) is 18.1 Å². The Bertz CT molecular complexity index is 751. The minimum absolute atomic E-state index is 0.0627. The molecule has 0 spiro atoms. The van der Waals surface area contributed by atoms with Crippen molar-refractivity contribution in [3.63, 3.8) is 0 Å². The van der Waals surface area contributed by atoms with E-state index in [1.54, 1.807) is 15.3 Å². The number of fused-ring (bicyclic) bond motifs is 2. The van der Waals surface area contributed by atoms with E-state index in [2.05, 4.69) is 15.0 Å². The van der Waals surface area contributed by atoms with Crippen molar-refractivity contribution < 1.29 is 10.2 Å². The average molecular weight is 321 g/mol. The predicted molar refractivity (Wildman–Crippen MR) is 85.9 cm³/mol. The van der Waals surface area contributed by atoms with E-state index in [4.69, 9.17) is 5.11 Å². The molecule has 2 N–H and O–H groups in total. The van der Waals surface area contributed by atoms with Crippen LogP contribution in [0.2, 0.25) is 0 Å². The van der Waals surface area contributed by atoms with Crippen LogP contribution in [-0.4, -0.2) is 55.2 Å². The summed E-state index contributed by atoms with van der Waals surface area (Å²) in [4.78, 5) is 19.0. The van der Waals surface area contributed by atoms with Crippen LogP contribution >= 0.6 is 0 Å². The smallest absolute Gasteiger partial charge is 0.281 e. The van der Waals surface area contributed by atoms with Crippen LogP contribution < -0.4 is 10.5 Å². The number of aliphatic hydroxyl groups excluding tert-OH is 2. The molecule has 0 aromatic carbocycles. The number of rotatable bonds is 6. The second-order valence-electron chi connectivity index (χ2n) is 6.29. The summed E-state index contributed by atoms with van der Waals surface area (Å²) in [5.41, 5.74) is 0.447. The van der Waals surface area contributed by atoms with Crippen LogP contribution in [0.25, 0.3) is 5.52 Å². The zero-order chi connectivity index (χ0) is 16.6.